The molecule has 1 aromatic rings. The Balaban J connectivity index is 2.66. The summed E-state index contributed by atoms with van der Waals surface area (Å²) in [5.41, 5.74) is -0.727. The quantitative estimate of drug-likeness (QED) is 0.465. The molecule has 3 nitrogen and oxygen atoms in total. The van der Waals surface area contributed by atoms with E-state index in [-0.39, 0.29) is 5.75 Å². The van der Waals surface area contributed by atoms with Crippen LogP contribution >= 0.6 is 0 Å². The molecule has 1 aromatic carbocycles. The molecular weight excluding hydrogens is 235 g/mol. The Labute approximate surface area is 96.8 Å². The Bertz CT molecular complexity index is 385. The predicted octanol–water partition coefficient (Wildman–Crippen LogP) is 3.45. The van der Waals surface area contributed by atoms with Gasteiger partial charge in [-0.05, 0) is 36.3 Å². The number of oxime groups is 1. The lowest BCUT2D eigenvalue weighted by Crippen LogP contribution is -2.04. The van der Waals surface area contributed by atoms with Gasteiger partial charge < -0.3 is 9.57 Å². The first-order valence-electron chi connectivity index (χ1n) is 4.95. The molecule has 0 bridgehead atoms. The van der Waals surface area contributed by atoms with Crippen LogP contribution in [0.5, 0.6) is 5.75 Å². The highest BCUT2D eigenvalue weighted by Gasteiger charge is 2.30. The Morgan fingerprint density at radius 1 is 1.24 bits per heavy atom. The summed E-state index contributed by atoms with van der Waals surface area (Å²) in [6.45, 7) is 3.83. The van der Waals surface area contributed by atoms with E-state index in [0.717, 1.165) is 12.1 Å². The van der Waals surface area contributed by atoms with E-state index in [9.17, 15) is 13.2 Å². The SMILES string of the molecule is CCO/C(C)=N/Oc1ccc(C(F)(F)F)cc1. The number of benzene rings is 1. The topological polar surface area (TPSA) is 30.8 Å². The molecule has 0 aliphatic rings. The molecular formula is C11H12F3NO2. The van der Waals surface area contributed by atoms with Crippen molar-refractivity contribution in [2.45, 2.75) is 20.0 Å². The lowest BCUT2D eigenvalue weighted by Gasteiger charge is -2.06. The molecule has 94 valence electrons. The Hall–Kier alpha value is -1.72. The van der Waals surface area contributed by atoms with Crippen molar-refractivity contribution in [1.29, 1.82) is 0 Å². The fourth-order valence-electron chi connectivity index (χ4n) is 1.06. The van der Waals surface area contributed by atoms with Crippen LogP contribution in [0.3, 0.4) is 0 Å². The first kappa shape index (κ1) is 13.3. The lowest BCUT2D eigenvalue weighted by atomic mass is 10.2. The van der Waals surface area contributed by atoms with Crippen LogP contribution in [0.2, 0.25) is 0 Å². The van der Waals surface area contributed by atoms with Gasteiger partial charge in [0.25, 0.3) is 0 Å². The van der Waals surface area contributed by atoms with Crippen molar-refractivity contribution in [3.05, 3.63) is 29.8 Å². The average Bonchev–Trinajstić information content (AvgIpc) is 2.26. The second kappa shape index (κ2) is 5.56. The van der Waals surface area contributed by atoms with Crippen LogP contribution in [-0.2, 0) is 10.9 Å². The lowest BCUT2D eigenvalue weighted by molar-refractivity contribution is -0.137. The minimum atomic E-state index is -4.34. The molecule has 0 fully saturated rings. The van der Waals surface area contributed by atoms with Gasteiger partial charge in [-0.25, -0.2) is 0 Å². The van der Waals surface area contributed by atoms with Crippen molar-refractivity contribution in [2.24, 2.45) is 5.16 Å². The zero-order chi connectivity index (χ0) is 12.9. The minimum absolute atomic E-state index is 0.219. The molecule has 1 rings (SSSR count). The van der Waals surface area contributed by atoms with Gasteiger partial charge in [-0.15, -0.1) is 0 Å². The molecule has 0 saturated heterocycles. The number of hydrogen-bond acceptors (Lipinski definition) is 3. The summed E-state index contributed by atoms with van der Waals surface area (Å²) in [5, 5.41) is 3.59. The first-order chi connectivity index (χ1) is 7.93. The van der Waals surface area contributed by atoms with Gasteiger partial charge in [-0.3, -0.25) is 0 Å². The fraction of sp³-hybridized carbons (Fsp3) is 0.364. The highest BCUT2D eigenvalue weighted by Crippen LogP contribution is 2.30. The number of halogens is 3. The van der Waals surface area contributed by atoms with E-state index in [1.54, 1.807) is 13.8 Å². The average molecular weight is 247 g/mol. The molecule has 6 heteroatoms. The van der Waals surface area contributed by atoms with Crippen molar-refractivity contribution in [1.82, 2.24) is 0 Å². The van der Waals surface area contributed by atoms with Crippen molar-refractivity contribution in [3.63, 3.8) is 0 Å². The van der Waals surface area contributed by atoms with E-state index in [2.05, 4.69) is 5.16 Å². The molecule has 0 unspecified atom stereocenters. The van der Waals surface area contributed by atoms with E-state index in [0.29, 0.717) is 12.5 Å². The summed E-state index contributed by atoms with van der Waals surface area (Å²) in [6.07, 6.45) is -4.34. The van der Waals surface area contributed by atoms with E-state index in [1.807, 2.05) is 0 Å². The third kappa shape index (κ3) is 4.34. The summed E-state index contributed by atoms with van der Waals surface area (Å²) < 4.78 is 41.7. The third-order valence-corrected chi connectivity index (χ3v) is 1.81. The van der Waals surface area contributed by atoms with Crippen molar-refractivity contribution >= 4 is 5.90 Å². The molecule has 0 heterocycles. The number of alkyl halides is 3. The summed E-state index contributed by atoms with van der Waals surface area (Å²) in [5.74, 6) is 0.532. The first-order valence-corrected chi connectivity index (χ1v) is 4.95. The molecule has 0 saturated carbocycles. The van der Waals surface area contributed by atoms with E-state index < -0.39 is 11.7 Å². The van der Waals surface area contributed by atoms with Crippen molar-refractivity contribution in [3.8, 4) is 5.75 Å². The molecule has 0 aromatic heterocycles. The van der Waals surface area contributed by atoms with E-state index in [1.165, 1.54) is 12.1 Å². The Morgan fingerprint density at radius 3 is 2.29 bits per heavy atom. The maximum Gasteiger partial charge on any atom is 0.416 e. The number of nitrogens with zero attached hydrogens (tertiary/aromatic N) is 1. The van der Waals surface area contributed by atoms with Crippen LogP contribution in [0.15, 0.2) is 29.4 Å². The zero-order valence-electron chi connectivity index (χ0n) is 9.41. The van der Waals surface area contributed by atoms with Gasteiger partial charge >= 0.3 is 6.18 Å². The second-order valence-corrected chi connectivity index (χ2v) is 3.16. The standard InChI is InChI=1S/C11H12F3NO2/c1-3-16-8(2)15-17-10-6-4-9(5-7-10)11(12,13)14/h4-7H,3H2,1-2H3/b15-8+. The molecule has 0 aliphatic heterocycles. The third-order valence-electron chi connectivity index (χ3n) is 1.81. The highest BCUT2D eigenvalue weighted by atomic mass is 19.4. The Morgan fingerprint density at radius 2 is 1.82 bits per heavy atom. The number of hydrogen-bond donors (Lipinski definition) is 0. The molecule has 0 spiro atoms. The van der Waals surface area contributed by atoms with Crippen molar-refractivity contribution < 1.29 is 22.7 Å². The van der Waals surface area contributed by atoms with Crippen molar-refractivity contribution in [2.75, 3.05) is 6.61 Å². The fourth-order valence-corrected chi connectivity index (χ4v) is 1.06. The number of rotatable bonds is 3. The predicted molar refractivity (Wildman–Crippen MR) is 56.8 cm³/mol. The van der Waals surface area contributed by atoms with Crippen LogP contribution in [-0.4, -0.2) is 12.5 Å². The van der Waals surface area contributed by atoms with E-state index >= 15 is 0 Å². The van der Waals surface area contributed by atoms with Gasteiger partial charge in [0, 0.05) is 6.92 Å². The maximum absolute atomic E-state index is 12.2. The molecule has 17 heavy (non-hydrogen) atoms. The zero-order valence-corrected chi connectivity index (χ0v) is 9.41. The molecule has 0 radical (unpaired) electrons. The van der Waals surface area contributed by atoms with Gasteiger partial charge in [-0.1, -0.05) is 0 Å². The van der Waals surface area contributed by atoms with Crippen LogP contribution < -0.4 is 4.84 Å². The van der Waals surface area contributed by atoms with Gasteiger partial charge in [0.05, 0.1) is 12.2 Å². The van der Waals surface area contributed by atoms with Crippen LogP contribution in [0.1, 0.15) is 19.4 Å². The minimum Gasteiger partial charge on any atom is -0.479 e. The van der Waals surface area contributed by atoms with Crippen LogP contribution in [0, 0.1) is 0 Å². The van der Waals surface area contributed by atoms with Crippen LogP contribution in [0.25, 0.3) is 0 Å². The maximum atomic E-state index is 12.2. The molecule has 0 aliphatic carbocycles. The van der Waals surface area contributed by atoms with E-state index in [4.69, 9.17) is 9.57 Å². The normalized spacial score (nSPS) is 12.4. The summed E-state index contributed by atoms with van der Waals surface area (Å²) in [7, 11) is 0. The molecule has 0 N–H and O–H groups in total. The second-order valence-electron chi connectivity index (χ2n) is 3.16. The largest absolute Gasteiger partial charge is 0.479 e. The van der Waals surface area contributed by atoms with Gasteiger partial charge in [-0.2, -0.15) is 13.2 Å². The van der Waals surface area contributed by atoms with Crippen LogP contribution in [0.4, 0.5) is 13.2 Å². The molecule has 0 amide bonds. The smallest absolute Gasteiger partial charge is 0.416 e. The number of ether oxygens (including phenoxy) is 1. The summed E-state index contributed by atoms with van der Waals surface area (Å²) >= 11 is 0. The monoisotopic (exact) mass is 247 g/mol. The Kier molecular flexibility index (Phi) is 4.37. The summed E-state index contributed by atoms with van der Waals surface area (Å²) in [6, 6.07) is 4.26. The summed E-state index contributed by atoms with van der Waals surface area (Å²) in [4.78, 5) is 4.88. The van der Waals surface area contributed by atoms with Gasteiger partial charge in [0.2, 0.25) is 5.90 Å². The highest BCUT2D eigenvalue weighted by molar-refractivity contribution is 5.72. The van der Waals surface area contributed by atoms with Gasteiger partial charge in [0.1, 0.15) is 0 Å². The van der Waals surface area contributed by atoms with Gasteiger partial charge in [0.15, 0.2) is 5.75 Å². The molecule has 0 atom stereocenters.